The van der Waals surface area contributed by atoms with Crippen molar-refractivity contribution in [3.63, 3.8) is 0 Å². The Labute approximate surface area is 90.3 Å². The number of halogens is 1. The van der Waals surface area contributed by atoms with Crippen LogP contribution >= 0.6 is 12.4 Å². The van der Waals surface area contributed by atoms with Crippen LogP contribution in [0.5, 0.6) is 0 Å². The number of benzene rings is 1. The fourth-order valence-electron chi connectivity index (χ4n) is 1.74. The van der Waals surface area contributed by atoms with Crippen molar-refractivity contribution in [1.82, 2.24) is 4.90 Å². The van der Waals surface area contributed by atoms with Crippen molar-refractivity contribution in [3.8, 4) is 0 Å². The predicted molar refractivity (Wildman–Crippen MR) is 59.0 cm³/mol. The average Bonchev–Trinajstić information content (AvgIpc) is 2.18. The molecular weight excluding hydrogens is 198 g/mol. The summed E-state index contributed by atoms with van der Waals surface area (Å²) in [4.78, 5) is 13.8. The molecule has 1 aromatic carbocycles. The van der Waals surface area contributed by atoms with Crippen molar-refractivity contribution in [2.24, 2.45) is 0 Å². The van der Waals surface area contributed by atoms with Crippen LogP contribution in [0.4, 0.5) is 0 Å². The molecule has 1 aromatic rings. The molecule has 0 aliphatic carbocycles. The van der Waals surface area contributed by atoms with E-state index in [0.717, 1.165) is 18.7 Å². The molecule has 0 radical (unpaired) electrons. The summed E-state index contributed by atoms with van der Waals surface area (Å²) in [6.45, 7) is 4.52. The predicted octanol–water partition coefficient (Wildman–Crippen LogP) is 2.13. The SMILES string of the molecule is CCN1CC(=O)c2ccccc2C1.Cl. The second kappa shape index (κ2) is 4.58. The summed E-state index contributed by atoms with van der Waals surface area (Å²) in [6, 6.07) is 7.88. The van der Waals surface area contributed by atoms with E-state index in [-0.39, 0.29) is 18.2 Å². The summed E-state index contributed by atoms with van der Waals surface area (Å²) >= 11 is 0. The standard InChI is InChI=1S/C11H13NO.ClH/c1-2-12-7-9-5-3-4-6-10(9)11(13)8-12;/h3-6H,2,7-8H2,1H3;1H. The third-order valence-electron chi connectivity index (χ3n) is 2.53. The molecule has 1 aliphatic heterocycles. The number of carbonyl (C=O) groups is 1. The number of carbonyl (C=O) groups excluding carboxylic acids is 1. The Morgan fingerprint density at radius 2 is 2.00 bits per heavy atom. The van der Waals surface area contributed by atoms with Gasteiger partial charge in [0.2, 0.25) is 0 Å². The highest BCUT2D eigenvalue weighted by molar-refractivity contribution is 5.99. The molecule has 0 amide bonds. The summed E-state index contributed by atoms with van der Waals surface area (Å²) in [6.07, 6.45) is 0. The van der Waals surface area contributed by atoms with E-state index < -0.39 is 0 Å². The van der Waals surface area contributed by atoms with Gasteiger partial charge in [0, 0.05) is 12.1 Å². The first-order valence-corrected chi connectivity index (χ1v) is 4.64. The molecule has 0 N–H and O–H groups in total. The fourth-order valence-corrected chi connectivity index (χ4v) is 1.74. The minimum Gasteiger partial charge on any atom is -0.293 e. The third kappa shape index (κ3) is 1.97. The lowest BCUT2D eigenvalue weighted by atomic mass is 9.99. The topological polar surface area (TPSA) is 20.3 Å². The Hall–Kier alpha value is -0.860. The monoisotopic (exact) mass is 211 g/mol. The number of hydrogen-bond acceptors (Lipinski definition) is 2. The fraction of sp³-hybridized carbons (Fsp3) is 0.364. The minimum atomic E-state index is 0. The Kier molecular flexibility index (Phi) is 3.67. The highest BCUT2D eigenvalue weighted by Crippen LogP contribution is 2.17. The van der Waals surface area contributed by atoms with Gasteiger partial charge in [-0.25, -0.2) is 0 Å². The molecule has 2 nitrogen and oxygen atoms in total. The molecule has 0 saturated carbocycles. The molecule has 1 aliphatic rings. The average molecular weight is 212 g/mol. The summed E-state index contributed by atoms with van der Waals surface area (Å²) < 4.78 is 0. The van der Waals surface area contributed by atoms with Gasteiger partial charge in [-0.3, -0.25) is 9.69 Å². The molecule has 0 saturated heterocycles. The van der Waals surface area contributed by atoms with Gasteiger partial charge in [0.05, 0.1) is 6.54 Å². The second-order valence-corrected chi connectivity index (χ2v) is 3.38. The van der Waals surface area contributed by atoms with Gasteiger partial charge in [0.25, 0.3) is 0 Å². The van der Waals surface area contributed by atoms with E-state index in [4.69, 9.17) is 0 Å². The Morgan fingerprint density at radius 1 is 1.29 bits per heavy atom. The molecule has 1 heterocycles. The van der Waals surface area contributed by atoms with E-state index in [1.54, 1.807) is 0 Å². The zero-order valence-corrected chi connectivity index (χ0v) is 9.01. The normalized spacial score (nSPS) is 15.9. The molecule has 14 heavy (non-hydrogen) atoms. The maximum Gasteiger partial charge on any atom is 0.177 e. The highest BCUT2D eigenvalue weighted by Gasteiger charge is 2.20. The number of likely N-dealkylation sites (N-methyl/N-ethyl adjacent to an activating group) is 1. The maximum atomic E-state index is 11.6. The molecule has 3 heteroatoms. The summed E-state index contributed by atoms with van der Waals surface area (Å²) in [5.41, 5.74) is 2.08. The Balaban J connectivity index is 0.000000980. The number of ketones is 1. The second-order valence-electron chi connectivity index (χ2n) is 3.38. The molecule has 0 atom stereocenters. The van der Waals surface area contributed by atoms with Crippen LogP contribution in [0.25, 0.3) is 0 Å². The van der Waals surface area contributed by atoms with Crippen molar-refractivity contribution in [1.29, 1.82) is 0 Å². The number of hydrogen-bond donors (Lipinski definition) is 0. The van der Waals surface area contributed by atoms with Crippen molar-refractivity contribution in [2.75, 3.05) is 13.1 Å². The largest absolute Gasteiger partial charge is 0.293 e. The molecule has 0 fully saturated rings. The Bertz CT molecular complexity index is 338. The van der Waals surface area contributed by atoms with Crippen molar-refractivity contribution in [2.45, 2.75) is 13.5 Å². The molecule has 2 rings (SSSR count). The zero-order valence-electron chi connectivity index (χ0n) is 8.19. The van der Waals surface area contributed by atoms with E-state index in [2.05, 4.69) is 11.8 Å². The lowest BCUT2D eigenvalue weighted by Crippen LogP contribution is -2.34. The van der Waals surface area contributed by atoms with Crippen LogP contribution in [-0.4, -0.2) is 23.8 Å². The van der Waals surface area contributed by atoms with Gasteiger partial charge in [0.15, 0.2) is 5.78 Å². The molecule has 76 valence electrons. The van der Waals surface area contributed by atoms with Crippen LogP contribution in [-0.2, 0) is 6.54 Å². The number of nitrogens with zero attached hydrogens (tertiary/aromatic N) is 1. The summed E-state index contributed by atoms with van der Waals surface area (Å²) in [5, 5.41) is 0. The van der Waals surface area contributed by atoms with Crippen molar-refractivity contribution >= 4 is 18.2 Å². The van der Waals surface area contributed by atoms with Crippen LogP contribution in [0.1, 0.15) is 22.8 Å². The molecule has 0 spiro atoms. The molecular formula is C11H14ClNO. The first kappa shape index (κ1) is 11.2. The minimum absolute atomic E-state index is 0. The number of fused-ring (bicyclic) bond motifs is 1. The van der Waals surface area contributed by atoms with Crippen LogP contribution < -0.4 is 0 Å². The van der Waals surface area contributed by atoms with E-state index in [1.807, 2.05) is 24.3 Å². The number of rotatable bonds is 1. The van der Waals surface area contributed by atoms with Crippen LogP contribution in [0.15, 0.2) is 24.3 Å². The molecule has 0 aromatic heterocycles. The van der Waals surface area contributed by atoms with Crippen molar-refractivity contribution < 1.29 is 4.79 Å². The van der Waals surface area contributed by atoms with Gasteiger partial charge < -0.3 is 0 Å². The summed E-state index contributed by atoms with van der Waals surface area (Å²) in [5.74, 6) is 0.253. The quantitative estimate of drug-likeness (QED) is 0.710. The highest BCUT2D eigenvalue weighted by atomic mass is 35.5. The number of Topliss-reactive ketones (excluding diaryl/α,β-unsaturated/α-hetero) is 1. The van der Waals surface area contributed by atoms with Gasteiger partial charge in [-0.2, -0.15) is 0 Å². The van der Waals surface area contributed by atoms with E-state index in [1.165, 1.54) is 5.56 Å². The van der Waals surface area contributed by atoms with Crippen LogP contribution in [0, 0.1) is 0 Å². The molecule has 0 bridgehead atoms. The lowest BCUT2D eigenvalue weighted by molar-refractivity contribution is 0.0906. The van der Waals surface area contributed by atoms with Crippen molar-refractivity contribution in [3.05, 3.63) is 35.4 Å². The summed E-state index contributed by atoms with van der Waals surface area (Å²) in [7, 11) is 0. The van der Waals surface area contributed by atoms with E-state index in [9.17, 15) is 4.79 Å². The smallest absolute Gasteiger partial charge is 0.177 e. The first-order valence-electron chi connectivity index (χ1n) is 4.64. The van der Waals surface area contributed by atoms with Gasteiger partial charge in [-0.1, -0.05) is 31.2 Å². The molecule has 0 unspecified atom stereocenters. The Morgan fingerprint density at radius 3 is 2.71 bits per heavy atom. The van der Waals surface area contributed by atoms with Gasteiger partial charge >= 0.3 is 0 Å². The first-order chi connectivity index (χ1) is 6.31. The maximum absolute atomic E-state index is 11.6. The van der Waals surface area contributed by atoms with Gasteiger partial charge in [-0.05, 0) is 12.1 Å². The zero-order chi connectivity index (χ0) is 9.26. The third-order valence-corrected chi connectivity index (χ3v) is 2.53. The van der Waals surface area contributed by atoms with Gasteiger partial charge in [-0.15, -0.1) is 12.4 Å². The van der Waals surface area contributed by atoms with Crippen LogP contribution in [0.2, 0.25) is 0 Å². The van der Waals surface area contributed by atoms with Crippen LogP contribution in [0.3, 0.4) is 0 Å². The lowest BCUT2D eigenvalue weighted by Gasteiger charge is -2.26. The van der Waals surface area contributed by atoms with E-state index >= 15 is 0 Å². The van der Waals surface area contributed by atoms with E-state index in [0.29, 0.717) is 6.54 Å². The van der Waals surface area contributed by atoms with Gasteiger partial charge in [0.1, 0.15) is 0 Å².